The molecule has 102 valence electrons. The summed E-state index contributed by atoms with van der Waals surface area (Å²) in [6.07, 6.45) is 0. The van der Waals surface area contributed by atoms with Gasteiger partial charge in [0.1, 0.15) is 10.8 Å². The Hall–Kier alpha value is -1.39. The molecule has 0 spiro atoms. The number of rotatable bonds is 5. The molecule has 2 aromatic rings. The second-order valence-corrected chi connectivity index (χ2v) is 5.62. The molecule has 0 saturated carbocycles. The highest BCUT2D eigenvalue weighted by molar-refractivity contribution is 7.09. The summed E-state index contributed by atoms with van der Waals surface area (Å²) in [4.78, 5) is 4.73. The molecule has 19 heavy (non-hydrogen) atoms. The molecule has 0 bridgehead atoms. The summed E-state index contributed by atoms with van der Waals surface area (Å²) in [5, 5.41) is 6.55. The highest BCUT2D eigenvalue weighted by atomic mass is 32.1. The summed E-state index contributed by atoms with van der Waals surface area (Å²) >= 11 is 1.70. The third kappa shape index (κ3) is 2.96. The van der Waals surface area contributed by atoms with Gasteiger partial charge in [0.25, 0.3) is 0 Å². The normalized spacial score (nSPS) is 12.7. The minimum absolute atomic E-state index is 0.0775. The van der Waals surface area contributed by atoms with Gasteiger partial charge in [-0.1, -0.05) is 32.0 Å². The third-order valence-electron chi connectivity index (χ3n) is 3.12. The van der Waals surface area contributed by atoms with Crippen LogP contribution in [0.1, 0.15) is 42.1 Å². The van der Waals surface area contributed by atoms with Gasteiger partial charge < -0.3 is 10.1 Å². The van der Waals surface area contributed by atoms with E-state index in [1.54, 1.807) is 18.4 Å². The van der Waals surface area contributed by atoms with Gasteiger partial charge in [-0.25, -0.2) is 4.98 Å². The van der Waals surface area contributed by atoms with Gasteiger partial charge in [-0.05, 0) is 19.0 Å². The van der Waals surface area contributed by atoms with E-state index in [0.717, 1.165) is 22.0 Å². The number of methoxy groups -OCH3 is 1. The van der Waals surface area contributed by atoms with Crippen molar-refractivity contribution in [1.82, 2.24) is 10.3 Å². The van der Waals surface area contributed by atoms with Gasteiger partial charge in [0.05, 0.1) is 18.8 Å². The molecule has 0 saturated heterocycles. The lowest BCUT2D eigenvalue weighted by Gasteiger charge is -2.17. The van der Waals surface area contributed by atoms with Crippen LogP contribution in [-0.4, -0.2) is 19.1 Å². The molecule has 1 aromatic heterocycles. The zero-order valence-corrected chi connectivity index (χ0v) is 12.6. The van der Waals surface area contributed by atoms with Crippen LogP contribution in [0.15, 0.2) is 29.6 Å². The van der Waals surface area contributed by atoms with Gasteiger partial charge in [-0.2, -0.15) is 0 Å². The van der Waals surface area contributed by atoms with Crippen LogP contribution in [0, 0.1) is 0 Å². The number of thiazole rings is 1. The van der Waals surface area contributed by atoms with Crippen molar-refractivity contribution < 1.29 is 4.74 Å². The summed E-state index contributed by atoms with van der Waals surface area (Å²) in [5.74, 6) is 1.35. The molecule has 1 unspecified atom stereocenters. The molecular formula is C15H20N2OS. The minimum Gasteiger partial charge on any atom is -0.496 e. The quantitative estimate of drug-likeness (QED) is 0.906. The molecule has 1 aromatic carbocycles. The first-order valence-electron chi connectivity index (χ1n) is 6.42. The molecule has 4 heteroatoms. The average Bonchev–Trinajstić information content (AvgIpc) is 2.90. The van der Waals surface area contributed by atoms with Crippen LogP contribution in [0.2, 0.25) is 0 Å². The summed E-state index contributed by atoms with van der Waals surface area (Å²) in [5.41, 5.74) is 2.27. The minimum atomic E-state index is 0.0775. The molecule has 1 atom stereocenters. The average molecular weight is 276 g/mol. The van der Waals surface area contributed by atoms with E-state index in [1.807, 2.05) is 25.2 Å². The Labute approximate surface area is 118 Å². The zero-order valence-electron chi connectivity index (χ0n) is 11.8. The number of ether oxygens (including phenoxy) is 1. The number of hydrogen-bond acceptors (Lipinski definition) is 4. The Morgan fingerprint density at radius 3 is 2.58 bits per heavy atom. The Bertz CT molecular complexity index is 536. The molecule has 1 N–H and O–H groups in total. The molecule has 0 amide bonds. The largest absolute Gasteiger partial charge is 0.496 e. The van der Waals surface area contributed by atoms with Crippen LogP contribution < -0.4 is 10.1 Å². The van der Waals surface area contributed by atoms with Gasteiger partial charge in [0.2, 0.25) is 0 Å². The van der Waals surface area contributed by atoms with Crippen molar-refractivity contribution in [2.45, 2.75) is 25.8 Å². The summed E-state index contributed by atoms with van der Waals surface area (Å²) in [6, 6.07) is 8.15. The van der Waals surface area contributed by atoms with Gasteiger partial charge >= 0.3 is 0 Å². The van der Waals surface area contributed by atoms with E-state index >= 15 is 0 Å². The Morgan fingerprint density at radius 1 is 1.26 bits per heavy atom. The van der Waals surface area contributed by atoms with E-state index < -0.39 is 0 Å². The standard InChI is InChI=1S/C15H20N2OS/c1-10(2)12-9-19-15(17-12)14(16-3)11-7-5-6-8-13(11)18-4/h5-10,14,16H,1-4H3. The van der Waals surface area contributed by atoms with E-state index in [1.165, 1.54) is 0 Å². The molecule has 0 aliphatic heterocycles. The fraction of sp³-hybridized carbons (Fsp3) is 0.400. The number of nitrogens with zero attached hydrogens (tertiary/aromatic N) is 1. The smallest absolute Gasteiger partial charge is 0.124 e. The topological polar surface area (TPSA) is 34.2 Å². The van der Waals surface area contributed by atoms with Crippen molar-refractivity contribution >= 4 is 11.3 Å². The second-order valence-electron chi connectivity index (χ2n) is 4.73. The number of benzene rings is 1. The van der Waals surface area contributed by atoms with Crippen LogP contribution in [0.25, 0.3) is 0 Å². The highest BCUT2D eigenvalue weighted by Gasteiger charge is 2.20. The van der Waals surface area contributed by atoms with Crippen LogP contribution in [-0.2, 0) is 0 Å². The van der Waals surface area contributed by atoms with Crippen molar-refractivity contribution in [3.8, 4) is 5.75 Å². The number of aromatic nitrogens is 1. The Balaban J connectivity index is 2.38. The van der Waals surface area contributed by atoms with E-state index in [2.05, 4.69) is 30.6 Å². The van der Waals surface area contributed by atoms with E-state index in [-0.39, 0.29) is 6.04 Å². The van der Waals surface area contributed by atoms with Gasteiger partial charge in [-0.3, -0.25) is 0 Å². The van der Waals surface area contributed by atoms with Crippen LogP contribution in [0.3, 0.4) is 0 Å². The molecule has 1 heterocycles. The molecular weight excluding hydrogens is 256 g/mol. The summed E-state index contributed by atoms with van der Waals surface area (Å²) in [7, 11) is 3.65. The number of para-hydroxylation sites is 1. The maximum atomic E-state index is 5.44. The Kier molecular flexibility index (Phi) is 4.56. The lowest BCUT2D eigenvalue weighted by Crippen LogP contribution is -2.18. The molecule has 2 rings (SSSR count). The molecule has 0 radical (unpaired) electrons. The summed E-state index contributed by atoms with van der Waals surface area (Å²) in [6.45, 7) is 4.33. The molecule has 0 fully saturated rings. The van der Waals surface area contributed by atoms with Crippen molar-refractivity contribution in [1.29, 1.82) is 0 Å². The zero-order chi connectivity index (χ0) is 13.8. The predicted molar refractivity (Wildman–Crippen MR) is 80.1 cm³/mol. The highest BCUT2D eigenvalue weighted by Crippen LogP contribution is 2.32. The fourth-order valence-corrected chi connectivity index (χ4v) is 3.12. The third-order valence-corrected chi connectivity index (χ3v) is 4.04. The van der Waals surface area contributed by atoms with Crippen molar-refractivity contribution in [2.75, 3.05) is 14.2 Å². The second kappa shape index (κ2) is 6.17. The van der Waals surface area contributed by atoms with Gasteiger partial charge in [0, 0.05) is 10.9 Å². The Morgan fingerprint density at radius 2 is 2.00 bits per heavy atom. The van der Waals surface area contributed by atoms with Crippen LogP contribution in [0.5, 0.6) is 5.75 Å². The summed E-state index contributed by atoms with van der Waals surface area (Å²) < 4.78 is 5.44. The van der Waals surface area contributed by atoms with Gasteiger partial charge in [-0.15, -0.1) is 11.3 Å². The molecule has 3 nitrogen and oxygen atoms in total. The van der Waals surface area contributed by atoms with Gasteiger partial charge in [0.15, 0.2) is 0 Å². The van der Waals surface area contributed by atoms with E-state index in [4.69, 9.17) is 9.72 Å². The molecule has 0 aliphatic rings. The number of hydrogen-bond donors (Lipinski definition) is 1. The molecule has 0 aliphatic carbocycles. The van der Waals surface area contributed by atoms with Crippen LogP contribution in [0.4, 0.5) is 0 Å². The first-order valence-corrected chi connectivity index (χ1v) is 7.30. The monoisotopic (exact) mass is 276 g/mol. The number of nitrogens with one attached hydrogen (secondary N) is 1. The van der Waals surface area contributed by atoms with E-state index in [9.17, 15) is 0 Å². The van der Waals surface area contributed by atoms with Crippen molar-refractivity contribution in [3.05, 3.63) is 45.9 Å². The van der Waals surface area contributed by atoms with Crippen molar-refractivity contribution in [3.63, 3.8) is 0 Å². The lowest BCUT2D eigenvalue weighted by molar-refractivity contribution is 0.405. The van der Waals surface area contributed by atoms with Crippen molar-refractivity contribution in [2.24, 2.45) is 0 Å². The van der Waals surface area contributed by atoms with E-state index in [0.29, 0.717) is 5.92 Å². The van der Waals surface area contributed by atoms with Crippen LogP contribution >= 0.6 is 11.3 Å². The SMILES string of the molecule is CNC(c1nc(C(C)C)cs1)c1ccccc1OC. The maximum absolute atomic E-state index is 5.44. The lowest BCUT2D eigenvalue weighted by atomic mass is 10.1. The maximum Gasteiger partial charge on any atom is 0.124 e. The predicted octanol–water partition coefficient (Wildman–Crippen LogP) is 3.58. The fourth-order valence-electron chi connectivity index (χ4n) is 2.02. The first kappa shape index (κ1) is 14.0. The first-order chi connectivity index (χ1) is 9.17.